The van der Waals surface area contributed by atoms with Gasteiger partial charge in [0.15, 0.2) is 0 Å². The molecule has 1 aliphatic heterocycles. The Balaban J connectivity index is 1.47. The number of sulfonamides is 1. The largest absolute Gasteiger partial charge is 0.323 e. The van der Waals surface area contributed by atoms with Crippen LogP contribution in [0.15, 0.2) is 76.6 Å². The number of primary sulfonamides is 1. The molecule has 9 nitrogen and oxygen atoms in total. The molecule has 1 heterocycles. The summed E-state index contributed by atoms with van der Waals surface area (Å²) < 4.78 is 22.6. The van der Waals surface area contributed by atoms with Crippen LogP contribution in [-0.2, 0) is 14.8 Å². The average molecular weight is 512 g/mol. The molecule has 0 unspecified atom stereocenters. The Morgan fingerprint density at radius 2 is 1.60 bits per heavy atom. The van der Waals surface area contributed by atoms with Crippen molar-refractivity contribution >= 4 is 62.0 Å². The van der Waals surface area contributed by atoms with E-state index in [-0.39, 0.29) is 10.8 Å². The number of nitrogens with one attached hydrogen (secondary N) is 2. The van der Waals surface area contributed by atoms with Crippen LogP contribution < -0.4 is 20.7 Å². The Kier molecular flexibility index (Phi) is 6.88. The lowest BCUT2D eigenvalue weighted by molar-refractivity contribution is -0.112. The predicted molar refractivity (Wildman–Crippen MR) is 137 cm³/mol. The molecule has 3 amide bonds. The third-order valence-electron chi connectivity index (χ3n) is 5.21. The van der Waals surface area contributed by atoms with Gasteiger partial charge < -0.3 is 15.5 Å². The monoisotopic (exact) mass is 511 g/mol. The number of fused-ring (bicyclic) bond motifs is 1. The number of nitrogens with zero attached hydrogens (tertiary/aromatic N) is 2. The van der Waals surface area contributed by atoms with E-state index in [0.29, 0.717) is 39.9 Å². The van der Waals surface area contributed by atoms with Gasteiger partial charge in [-0.05, 0) is 73.2 Å². The zero-order valence-electron chi connectivity index (χ0n) is 18.7. The Bertz CT molecular complexity index is 1420. The summed E-state index contributed by atoms with van der Waals surface area (Å²) in [6.45, 7) is 2.58. The minimum absolute atomic E-state index is 0.0517. The summed E-state index contributed by atoms with van der Waals surface area (Å²) in [5.41, 5.74) is 3.23. The van der Waals surface area contributed by atoms with Crippen LogP contribution in [0.2, 0.25) is 5.02 Å². The Morgan fingerprint density at radius 3 is 2.17 bits per heavy atom. The fraction of sp³-hybridized carbons (Fsp3) is 0.125. The number of rotatable bonds is 6. The van der Waals surface area contributed by atoms with E-state index >= 15 is 0 Å². The van der Waals surface area contributed by atoms with E-state index in [1.165, 1.54) is 24.3 Å². The van der Waals surface area contributed by atoms with Crippen molar-refractivity contribution in [3.63, 3.8) is 0 Å². The van der Waals surface area contributed by atoms with E-state index in [4.69, 9.17) is 16.7 Å². The summed E-state index contributed by atoms with van der Waals surface area (Å²) in [5, 5.41) is 10.9. The second kappa shape index (κ2) is 9.87. The van der Waals surface area contributed by atoms with Gasteiger partial charge in [0.05, 0.1) is 16.3 Å². The maximum Gasteiger partial charge on any atom is 0.323 e. The first-order valence-corrected chi connectivity index (χ1v) is 12.6. The molecule has 3 aromatic rings. The van der Waals surface area contributed by atoms with Gasteiger partial charge in [-0.1, -0.05) is 18.5 Å². The highest BCUT2D eigenvalue weighted by Crippen LogP contribution is 2.33. The van der Waals surface area contributed by atoms with Gasteiger partial charge in [0.25, 0.3) is 5.91 Å². The maximum absolute atomic E-state index is 13.0. The number of urea groups is 1. The minimum Gasteiger partial charge on any atom is -0.308 e. The predicted octanol–water partition coefficient (Wildman–Crippen LogP) is 4.51. The number of nitrogens with two attached hydrogens (primary N) is 1. The average Bonchev–Trinajstić information content (AvgIpc) is 3.05. The molecule has 0 aromatic heterocycles. The molecular weight excluding hydrogens is 490 g/mol. The molecule has 11 heteroatoms. The van der Waals surface area contributed by atoms with Crippen LogP contribution in [0.5, 0.6) is 0 Å². The molecule has 3 aromatic carbocycles. The maximum atomic E-state index is 13.0. The van der Waals surface area contributed by atoms with E-state index in [2.05, 4.69) is 15.6 Å². The van der Waals surface area contributed by atoms with Crippen LogP contribution in [0.4, 0.5) is 27.5 Å². The number of aliphatic imine (C=N–C) groups is 1. The van der Waals surface area contributed by atoms with Crippen molar-refractivity contribution in [1.82, 2.24) is 0 Å². The second-order valence-corrected chi connectivity index (χ2v) is 9.77. The number of halogens is 1. The van der Waals surface area contributed by atoms with Crippen LogP contribution in [0.25, 0.3) is 0 Å². The van der Waals surface area contributed by atoms with Crippen molar-refractivity contribution in [3.8, 4) is 0 Å². The number of carbonyl (C=O) groups excluding carboxylic acids is 2. The van der Waals surface area contributed by atoms with Gasteiger partial charge in [-0.25, -0.2) is 23.3 Å². The molecule has 0 saturated heterocycles. The number of anilines is 3. The highest BCUT2D eigenvalue weighted by molar-refractivity contribution is 7.89. The van der Waals surface area contributed by atoms with Gasteiger partial charge in [0.1, 0.15) is 5.71 Å². The Labute approximate surface area is 207 Å². The second-order valence-electron chi connectivity index (χ2n) is 7.77. The number of carbonyl (C=O) groups is 2. The summed E-state index contributed by atoms with van der Waals surface area (Å²) in [6, 6.07) is 16.9. The first-order chi connectivity index (χ1) is 16.7. The van der Waals surface area contributed by atoms with E-state index in [1.807, 2.05) is 13.0 Å². The van der Waals surface area contributed by atoms with Crippen molar-refractivity contribution in [3.05, 3.63) is 77.3 Å². The Morgan fingerprint density at radius 1 is 1.00 bits per heavy atom. The van der Waals surface area contributed by atoms with Crippen LogP contribution in [0.3, 0.4) is 0 Å². The van der Waals surface area contributed by atoms with Crippen molar-refractivity contribution < 1.29 is 18.0 Å². The molecule has 0 atom stereocenters. The Hall–Kier alpha value is -3.73. The molecule has 1 aliphatic rings. The lowest BCUT2D eigenvalue weighted by Crippen LogP contribution is -2.30. The summed E-state index contributed by atoms with van der Waals surface area (Å²) in [4.78, 5) is 31.5. The topological polar surface area (TPSA) is 134 Å². The normalized spacial score (nSPS) is 14.2. The van der Waals surface area contributed by atoms with Gasteiger partial charge in [-0.15, -0.1) is 0 Å². The highest BCUT2D eigenvalue weighted by Gasteiger charge is 2.33. The zero-order chi connectivity index (χ0) is 25.2. The first-order valence-electron chi connectivity index (χ1n) is 10.7. The molecule has 0 radical (unpaired) electrons. The van der Waals surface area contributed by atoms with Crippen LogP contribution in [0, 0.1) is 0 Å². The lowest BCUT2D eigenvalue weighted by Gasteiger charge is -2.15. The molecule has 180 valence electrons. The zero-order valence-corrected chi connectivity index (χ0v) is 20.2. The van der Waals surface area contributed by atoms with E-state index in [9.17, 15) is 18.0 Å². The summed E-state index contributed by atoms with van der Waals surface area (Å²) in [6.07, 6.45) is 0.805. The summed E-state index contributed by atoms with van der Waals surface area (Å²) in [5.74, 6) is -0.181. The first kappa shape index (κ1) is 24.4. The molecule has 4 N–H and O–H groups in total. The quantitative estimate of drug-likeness (QED) is 0.448. The third-order valence-corrected chi connectivity index (χ3v) is 6.37. The van der Waals surface area contributed by atoms with Crippen molar-refractivity contribution in [2.24, 2.45) is 10.1 Å². The number of hydrogen-bond acceptors (Lipinski definition) is 5. The lowest BCUT2D eigenvalue weighted by atomic mass is 10.1. The van der Waals surface area contributed by atoms with Gasteiger partial charge in [-0.2, -0.15) is 0 Å². The van der Waals surface area contributed by atoms with Crippen molar-refractivity contribution in [2.45, 2.75) is 18.2 Å². The molecule has 0 bridgehead atoms. The van der Waals surface area contributed by atoms with Gasteiger partial charge in [-0.3, -0.25) is 4.79 Å². The van der Waals surface area contributed by atoms with Crippen LogP contribution in [0.1, 0.15) is 18.9 Å². The highest BCUT2D eigenvalue weighted by atomic mass is 35.5. The summed E-state index contributed by atoms with van der Waals surface area (Å²) in [7, 11) is -3.81. The van der Waals surface area contributed by atoms with E-state index in [1.54, 1.807) is 41.3 Å². The fourth-order valence-corrected chi connectivity index (χ4v) is 4.30. The van der Waals surface area contributed by atoms with Crippen molar-refractivity contribution in [1.29, 1.82) is 0 Å². The standard InChI is InChI=1S/C24H22ClN5O4S/c1-2-13-30-21-12-3-15(25)14-20(21)22(23(30)31)27-16-4-6-17(7-5-16)28-24(32)29-18-8-10-19(11-9-18)35(26,33)34/h3-12,14H,2,13H2,1H3,(H2,26,33,34)(H2,28,29,32). The van der Waals surface area contributed by atoms with E-state index < -0.39 is 16.1 Å². The molecule has 0 fully saturated rings. The third kappa shape index (κ3) is 5.51. The number of benzene rings is 3. The molecule has 0 aliphatic carbocycles. The smallest absolute Gasteiger partial charge is 0.308 e. The molecular formula is C24H22ClN5O4S. The molecule has 0 saturated carbocycles. The summed E-state index contributed by atoms with van der Waals surface area (Å²) >= 11 is 6.16. The molecule has 4 rings (SSSR count). The van der Waals surface area contributed by atoms with E-state index in [0.717, 1.165) is 12.1 Å². The molecule has 0 spiro atoms. The number of hydrogen-bond donors (Lipinski definition) is 3. The fourth-order valence-electron chi connectivity index (χ4n) is 3.61. The van der Waals surface area contributed by atoms with Crippen molar-refractivity contribution in [2.75, 3.05) is 22.1 Å². The minimum atomic E-state index is -3.81. The molecule has 35 heavy (non-hydrogen) atoms. The number of amides is 3. The SMILES string of the molecule is CCCN1C(=O)C(=Nc2ccc(NC(=O)Nc3ccc(S(N)(=O)=O)cc3)cc2)c2cc(Cl)ccc21. The van der Waals surface area contributed by atoms with Gasteiger partial charge in [0, 0.05) is 28.5 Å². The van der Waals surface area contributed by atoms with Crippen LogP contribution >= 0.6 is 11.6 Å². The van der Waals surface area contributed by atoms with Crippen LogP contribution in [-0.4, -0.2) is 32.6 Å². The van der Waals surface area contributed by atoms with Gasteiger partial charge in [0.2, 0.25) is 10.0 Å². The van der Waals surface area contributed by atoms with Gasteiger partial charge >= 0.3 is 6.03 Å².